The Kier molecular flexibility index (Phi) is 4.12. The first-order chi connectivity index (χ1) is 12.3. The molecular weight excluding hydrogens is 314 g/mol. The molecule has 2 aromatic heterocycles. The van der Waals surface area contributed by atoms with Gasteiger partial charge in [-0.05, 0) is 29.8 Å². The van der Waals surface area contributed by atoms with Crippen LogP contribution in [0.4, 0.5) is 0 Å². The molecule has 0 aliphatic carbocycles. The van der Waals surface area contributed by atoms with Crippen LogP contribution in [0.15, 0.2) is 67.0 Å². The Labute approximate surface area is 145 Å². The van der Waals surface area contributed by atoms with E-state index < -0.39 is 0 Å². The van der Waals surface area contributed by atoms with E-state index in [9.17, 15) is 4.79 Å². The molecule has 0 fully saturated rings. The predicted molar refractivity (Wildman–Crippen MR) is 93.7 cm³/mol. The maximum absolute atomic E-state index is 12.4. The van der Waals surface area contributed by atoms with E-state index in [0.29, 0.717) is 18.8 Å². The molecule has 0 N–H and O–H groups in total. The van der Waals surface area contributed by atoms with E-state index in [1.807, 2.05) is 54.6 Å². The molecule has 5 heteroatoms. The summed E-state index contributed by atoms with van der Waals surface area (Å²) in [4.78, 5) is 22.9. The maximum Gasteiger partial charge on any atom is 0.261 e. The molecule has 4 rings (SSSR count). The van der Waals surface area contributed by atoms with Crippen LogP contribution in [0.25, 0.3) is 11.3 Å². The minimum absolute atomic E-state index is 0.0349. The standard InChI is InChI=1S/C20H17N3O2/c24-20-14-25-19-7-6-17(16-8-10-21-11-9-16)22-18(19)13-23(20)12-15-4-2-1-3-5-15/h1-11H,12-14H2. The van der Waals surface area contributed by atoms with Gasteiger partial charge in [-0.1, -0.05) is 30.3 Å². The van der Waals surface area contributed by atoms with Crippen LogP contribution in [0.5, 0.6) is 5.75 Å². The molecule has 1 aromatic carbocycles. The maximum atomic E-state index is 12.4. The molecule has 3 aromatic rings. The van der Waals surface area contributed by atoms with Gasteiger partial charge in [-0.15, -0.1) is 0 Å². The lowest BCUT2D eigenvalue weighted by Gasteiger charge is -2.19. The molecule has 1 amide bonds. The van der Waals surface area contributed by atoms with Gasteiger partial charge in [0.25, 0.3) is 5.91 Å². The zero-order valence-electron chi connectivity index (χ0n) is 13.6. The highest BCUT2D eigenvalue weighted by molar-refractivity contribution is 5.78. The third-order valence-electron chi connectivity index (χ3n) is 4.17. The predicted octanol–water partition coefficient (Wildman–Crippen LogP) is 3.06. The number of aromatic nitrogens is 2. The zero-order chi connectivity index (χ0) is 17.1. The second-order valence-electron chi connectivity index (χ2n) is 5.90. The Balaban J connectivity index is 1.64. The molecule has 0 bridgehead atoms. The number of hydrogen-bond acceptors (Lipinski definition) is 4. The van der Waals surface area contributed by atoms with Gasteiger partial charge in [0.15, 0.2) is 6.61 Å². The Hall–Kier alpha value is -3.21. The first-order valence-electron chi connectivity index (χ1n) is 8.14. The normalized spacial score (nSPS) is 13.8. The SMILES string of the molecule is O=C1COc2ccc(-c3ccncc3)nc2CN1Cc1ccccc1. The molecule has 5 nitrogen and oxygen atoms in total. The average Bonchev–Trinajstić information content (AvgIpc) is 2.82. The van der Waals surface area contributed by atoms with Crippen molar-refractivity contribution in [1.82, 2.24) is 14.9 Å². The van der Waals surface area contributed by atoms with E-state index in [1.54, 1.807) is 17.3 Å². The summed E-state index contributed by atoms with van der Waals surface area (Å²) < 4.78 is 5.65. The topological polar surface area (TPSA) is 55.3 Å². The second-order valence-corrected chi connectivity index (χ2v) is 5.90. The van der Waals surface area contributed by atoms with Gasteiger partial charge in [-0.2, -0.15) is 0 Å². The van der Waals surface area contributed by atoms with E-state index >= 15 is 0 Å². The fourth-order valence-electron chi connectivity index (χ4n) is 2.86. The number of fused-ring (bicyclic) bond motifs is 1. The first-order valence-corrected chi connectivity index (χ1v) is 8.14. The molecule has 1 aliphatic rings. The van der Waals surface area contributed by atoms with Crippen molar-refractivity contribution in [2.24, 2.45) is 0 Å². The molecule has 3 heterocycles. The lowest BCUT2D eigenvalue weighted by molar-refractivity contribution is -0.133. The number of hydrogen-bond donors (Lipinski definition) is 0. The van der Waals surface area contributed by atoms with Crippen molar-refractivity contribution in [3.8, 4) is 17.0 Å². The number of benzene rings is 1. The van der Waals surface area contributed by atoms with Crippen molar-refractivity contribution in [3.63, 3.8) is 0 Å². The Morgan fingerprint density at radius 2 is 1.80 bits per heavy atom. The highest BCUT2D eigenvalue weighted by Crippen LogP contribution is 2.26. The number of pyridine rings is 2. The Bertz CT molecular complexity index is 882. The molecule has 0 saturated carbocycles. The second kappa shape index (κ2) is 6.73. The number of carbonyl (C=O) groups excluding carboxylic acids is 1. The highest BCUT2D eigenvalue weighted by Gasteiger charge is 2.23. The van der Waals surface area contributed by atoms with Gasteiger partial charge in [0.2, 0.25) is 0 Å². The summed E-state index contributed by atoms with van der Waals surface area (Å²) in [5.74, 6) is 0.633. The summed E-state index contributed by atoms with van der Waals surface area (Å²) >= 11 is 0. The van der Waals surface area contributed by atoms with Crippen molar-refractivity contribution in [1.29, 1.82) is 0 Å². The van der Waals surface area contributed by atoms with Crippen molar-refractivity contribution >= 4 is 5.91 Å². The van der Waals surface area contributed by atoms with Gasteiger partial charge in [-0.3, -0.25) is 9.78 Å². The van der Waals surface area contributed by atoms with Gasteiger partial charge >= 0.3 is 0 Å². The van der Waals surface area contributed by atoms with E-state index in [-0.39, 0.29) is 12.5 Å². The summed E-state index contributed by atoms with van der Waals surface area (Å²) in [5.41, 5.74) is 3.70. The fourth-order valence-corrected chi connectivity index (χ4v) is 2.86. The van der Waals surface area contributed by atoms with Crippen molar-refractivity contribution < 1.29 is 9.53 Å². The largest absolute Gasteiger partial charge is 0.482 e. The van der Waals surface area contributed by atoms with E-state index in [4.69, 9.17) is 9.72 Å². The number of amides is 1. The van der Waals surface area contributed by atoms with Crippen molar-refractivity contribution in [2.45, 2.75) is 13.1 Å². The van der Waals surface area contributed by atoms with Gasteiger partial charge < -0.3 is 9.64 Å². The summed E-state index contributed by atoms with van der Waals surface area (Å²) in [6, 6.07) is 17.6. The first kappa shape index (κ1) is 15.3. The third kappa shape index (κ3) is 3.35. The third-order valence-corrected chi connectivity index (χ3v) is 4.17. The number of carbonyl (C=O) groups is 1. The van der Waals surface area contributed by atoms with Crippen LogP contribution >= 0.6 is 0 Å². The number of rotatable bonds is 3. The molecule has 1 aliphatic heterocycles. The average molecular weight is 331 g/mol. The molecular formula is C20H17N3O2. The van der Waals surface area contributed by atoms with Crippen molar-refractivity contribution in [2.75, 3.05) is 6.61 Å². The molecule has 124 valence electrons. The Morgan fingerprint density at radius 1 is 1.00 bits per heavy atom. The fraction of sp³-hybridized carbons (Fsp3) is 0.150. The summed E-state index contributed by atoms with van der Waals surface area (Å²) in [5, 5.41) is 0. The molecule has 0 radical (unpaired) electrons. The van der Waals surface area contributed by atoms with Crippen LogP contribution < -0.4 is 4.74 Å². The van der Waals surface area contributed by atoms with Gasteiger partial charge in [0.1, 0.15) is 11.4 Å². The monoisotopic (exact) mass is 331 g/mol. The van der Waals surface area contributed by atoms with Gasteiger partial charge in [0, 0.05) is 24.5 Å². The molecule has 0 spiro atoms. The van der Waals surface area contributed by atoms with Crippen LogP contribution in [0.3, 0.4) is 0 Å². The van der Waals surface area contributed by atoms with Crippen molar-refractivity contribution in [3.05, 3.63) is 78.2 Å². The minimum Gasteiger partial charge on any atom is -0.482 e. The lowest BCUT2D eigenvalue weighted by atomic mass is 10.1. The quantitative estimate of drug-likeness (QED) is 0.740. The highest BCUT2D eigenvalue weighted by atomic mass is 16.5. The molecule has 0 saturated heterocycles. The molecule has 0 unspecified atom stereocenters. The Morgan fingerprint density at radius 3 is 2.60 bits per heavy atom. The zero-order valence-corrected chi connectivity index (χ0v) is 13.6. The lowest BCUT2D eigenvalue weighted by Crippen LogP contribution is -2.32. The molecule has 0 atom stereocenters. The summed E-state index contributed by atoms with van der Waals surface area (Å²) in [7, 11) is 0. The van der Waals surface area contributed by atoms with E-state index in [0.717, 1.165) is 22.5 Å². The van der Waals surface area contributed by atoms with E-state index in [1.165, 1.54) is 0 Å². The number of ether oxygens (including phenoxy) is 1. The van der Waals surface area contributed by atoms with Crippen LogP contribution in [0, 0.1) is 0 Å². The minimum atomic E-state index is -0.0349. The summed E-state index contributed by atoms with van der Waals surface area (Å²) in [6.07, 6.45) is 3.48. The van der Waals surface area contributed by atoms with E-state index in [2.05, 4.69) is 4.98 Å². The number of nitrogens with zero attached hydrogens (tertiary/aromatic N) is 3. The van der Waals surface area contributed by atoms with Crippen LogP contribution in [0.1, 0.15) is 11.3 Å². The van der Waals surface area contributed by atoms with Gasteiger partial charge in [0.05, 0.1) is 12.2 Å². The smallest absolute Gasteiger partial charge is 0.261 e. The van der Waals surface area contributed by atoms with Crippen LogP contribution in [0.2, 0.25) is 0 Å². The summed E-state index contributed by atoms with van der Waals surface area (Å²) in [6.45, 7) is 1.02. The van der Waals surface area contributed by atoms with Gasteiger partial charge in [-0.25, -0.2) is 4.98 Å². The van der Waals surface area contributed by atoms with Crippen LogP contribution in [-0.4, -0.2) is 27.4 Å². The molecule has 25 heavy (non-hydrogen) atoms. The van der Waals surface area contributed by atoms with Crippen LogP contribution in [-0.2, 0) is 17.9 Å².